The monoisotopic (exact) mass is 426 g/mol. The van der Waals surface area contributed by atoms with Gasteiger partial charge in [-0.25, -0.2) is 9.37 Å². The fourth-order valence-corrected chi connectivity index (χ4v) is 3.60. The van der Waals surface area contributed by atoms with Gasteiger partial charge in [0.05, 0.1) is 16.3 Å². The molecule has 1 aromatic heterocycles. The van der Waals surface area contributed by atoms with Crippen LogP contribution in [0.25, 0.3) is 0 Å². The topological polar surface area (TPSA) is 125 Å². The largest absolute Gasteiger partial charge is 0.482 e. The zero-order valence-corrected chi connectivity index (χ0v) is 17.5. The van der Waals surface area contributed by atoms with E-state index in [9.17, 15) is 4.39 Å². The van der Waals surface area contributed by atoms with E-state index in [2.05, 4.69) is 15.1 Å². The summed E-state index contributed by atoms with van der Waals surface area (Å²) in [5, 5.41) is 3.94. The Morgan fingerprint density at radius 1 is 1.37 bits per heavy atom. The maximum atomic E-state index is 14.1. The molecule has 0 spiro atoms. The summed E-state index contributed by atoms with van der Waals surface area (Å²) < 4.78 is 20.1. The van der Waals surface area contributed by atoms with Crippen LogP contribution < -0.4 is 22.0 Å². The molecule has 2 aromatic rings. The molecule has 1 aliphatic heterocycles. The van der Waals surface area contributed by atoms with Crippen molar-refractivity contribution in [1.29, 1.82) is 0 Å². The molecule has 1 aliphatic rings. The SMILES string of the molecule is CCN=C1C(=NN)CC(=CN)C(=S)c2ccc(F)cc2C(C)Oc2cc1cnc2N. The number of hydrogen-bond donors (Lipinski definition) is 3. The van der Waals surface area contributed by atoms with E-state index in [4.69, 9.17) is 34.3 Å². The number of hydrogen-bond acceptors (Lipinski definition) is 8. The molecule has 2 heterocycles. The van der Waals surface area contributed by atoms with Crippen molar-refractivity contribution in [3.05, 3.63) is 64.7 Å². The van der Waals surface area contributed by atoms with Gasteiger partial charge in [-0.1, -0.05) is 18.3 Å². The van der Waals surface area contributed by atoms with Crippen LogP contribution in [0.15, 0.2) is 52.3 Å². The smallest absolute Gasteiger partial charge is 0.166 e. The van der Waals surface area contributed by atoms with Gasteiger partial charge in [-0.15, -0.1) is 0 Å². The second-order valence-corrected chi connectivity index (χ2v) is 7.10. The normalized spacial score (nSPS) is 21.1. The van der Waals surface area contributed by atoms with Crippen LogP contribution in [0.1, 0.15) is 43.1 Å². The first-order valence-electron chi connectivity index (χ1n) is 9.38. The summed E-state index contributed by atoms with van der Waals surface area (Å²) in [4.78, 5) is 9.23. The second kappa shape index (κ2) is 9.00. The highest BCUT2D eigenvalue weighted by molar-refractivity contribution is 7.81. The Hall–Kier alpha value is -3.33. The second-order valence-electron chi connectivity index (χ2n) is 6.70. The average molecular weight is 427 g/mol. The number of pyridine rings is 1. The third kappa shape index (κ3) is 4.16. The number of fused-ring (bicyclic) bond motifs is 3. The van der Waals surface area contributed by atoms with Crippen molar-refractivity contribution in [2.45, 2.75) is 26.4 Å². The lowest BCUT2D eigenvalue weighted by Gasteiger charge is -2.22. The van der Waals surface area contributed by atoms with Gasteiger partial charge in [-0.3, -0.25) is 4.99 Å². The Morgan fingerprint density at radius 3 is 2.80 bits per heavy atom. The third-order valence-electron chi connectivity index (χ3n) is 4.75. The predicted octanol–water partition coefficient (Wildman–Crippen LogP) is 3.03. The minimum absolute atomic E-state index is 0.202. The van der Waals surface area contributed by atoms with Crippen LogP contribution in [0.4, 0.5) is 10.2 Å². The van der Waals surface area contributed by atoms with E-state index in [1.807, 2.05) is 6.92 Å². The number of aromatic nitrogens is 1. The lowest BCUT2D eigenvalue weighted by molar-refractivity contribution is 0.227. The molecular formula is C21H23FN6OS. The number of benzene rings is 1. The van der Waals surface area contributed by atoms with Gasteiger partial charge in [0.15, 0.2) is 11.6 Å². The van der Waals surface area contributed by atoms with Crippen molar-refractivity contribution in [2.75, 3.05) is 12.3 Å². The van der Waals surface area contributed by atoms with Crippen LogP contribution in [0, 0.1) is 5.82 Å². The van der Waals surface area contributed by atoms with Crippen molar-refractivity contribution in [1.82, 2.24) is 4.98 Å². The number of rotatable bonds is 1. The maximum Gasteiger partial charge on any atom is 0.166 e. The predicted molar refractivity (Wildman–Crippen MR) is 121 cm³/mol. The highest BCUT2D eigenvalue weighted by atomic mass is 32.1. The molecule has 1 atom stereocenters. The van der Waals surface area contributed by atoms with Gasteiger partial charge in [0.25, 0.3) is 0 Å². The van der Waals surface area contributed by atoms with E-state index in [0.29, 0.717) is 50.8 Å². The minimum atomic E-state index is -0.555. The molecule has 1 unspecified atom stereocenters. The first-order valence-corrected chi connectivity index (χ1v) is 9.79. The Labute approximate surface area is 179 Å². The Bertz CT molecular complexity index is 1080. The molecule has 3 rings (SSSR count). The molecule has 0 saturated heterocycles. The van der Waals surface area contributed by atoms with E-state index in [1.54, 1.807) is 25.3 Å². The summed E-state index contributed by atoms with van der Waals surface area (Å²) >= 11 is 5.70. The van der Waals surface area contributed by atoms with Crippen LogP contribution in [0.2, 0.25) is 0 Å². The number of ether oxygens (including phenoxy) is 1. The van der Waals surface area contributed by atoms with Gasteiger partial charge in [0.1, 0.15) is 11.9 Å². The summed E-state index contributed by atoms with van der Waals surface area (Å²) in [6, 6.07) is 6.07. The molecule has 0 fully saturated rings. The number of thiocarbonyl (C=S) groups is 1. The summed E-state index contributed by atoms with van der Waals surface area (Å²) in [5.41, 5.74) is 15.4. The van der Waals surface area contributed by atoms with Gasteiger partial charge < -0.3 is 22.0 Å². The summed E-state index contributed by atoms with van der Waals surface area (Å²) in [7, 11) is 0. The summed E-state index contributed by atoms with van der Waals surface area (Å²) in [6.45, 7) is 4.19. The van der Waals surface area contributed by atoms with Gasteiger partial charge in [-0.2, -0.15) is 5.10 Å². The standard InChI is InChI=1S/C21H23FN6OS/c1-3-26-19-13-7-18(21(24)27-10-13)29-11(2)16-8-14(22)4-5-15(16)20(30)12(9-23)6-17(19)28-25/h4-5,7-11H,3,6,23,25H2,1-2H3,(H2,24,27). The van der Waals surface area contributed by atoms with Crippen LogP contribution in [-0.4, -0.2) is 27.8 Å². The molecule has 0 aliphatic carbocycles. The van der Waals surface area contributed by atoms with Gasteiger partial charge >= 0.3 is 0 Å². The lowest BCUT2D eigenvalue weighted by atomic mass is 9.92. The van der Waals surface area contributed by atoms with Gasteiger partial charge in [-0.05, 0) is 49.4 Å². The quantitative estimate of drug-likeness (QED) is 0.279. The summed E-state index contributed by atoms with van der Waals surface area (Å²) in [5.74, 6) is 5.85. The molecule has 6 N–H and O–H groups in total. The summed E-state index contributed by atoms with van der Waals surface area (Å²) in [6.07, 6.45) is 2.68. The first-order chi connectivity index (χ1) is 14.4. The van der Waals surface area contributed by atoms with Crippen LogP contribution in [-0.2, 0) is 0 Å². The zero-order chi connectivity index (χ0) is 21.8. The Morgan fingerprint density at radius 2 is 2.13 bits per heavy atom. The van der Waals surface area contributed by atoms with Crippen molar-refractivity contribution in [3.8, 4) is 5.75 Å². The zero-order valence-electron chi connectivity index (χ0n) is 16.7. The highest BCUT2D eigenvalue weighted by Gasteiger charge is 2.24. The van der Waals surface area contributed by atoms with E-state index >= 15 is 0 Å². The van der Waals surface area contributed by atoms with E-state index in [1.165, 1.54) is 18.3 Å². The number of anilines is 1. The van der Waals surface area contributed by atoms with Crippen LogP contribution in [0.3, 0.4) is 0 Å². The van der Waals surface area contributed by atoms with Crippen molar-refractivity contribution >= 4 is 34.3 Å². The maximum absolute atomic E-state index is 14.1. The number of halogens is 1. The molecule has 0 amide bonds. The van der Waals surface area contributed by atoms with E-state index in [-0.39, 0.29) is 12.2 Å². The number of allylic oxidation sites excluding steroid dienone is 1. The highest BCUT2D eigenvalue weighted by Crippen LogP contribution is 2.31. The Balaban J connectivity index is 2.28. The molecule has 1 aromatic carbocycles. The molecular weight excluding hydrogens is 403 g/mol. The van der Waals surface area contributed by atoms with Crippen LogP contribution in [0.5, 0.6) is 5.75 Å². The Kier molecular flexibility index (Phi) is 6.41. The fourth-order valence-electron chi connectivity index (χ4n) is 3.28. The van der Waals surface area contributed by atoms with E-state index in [0.717, 1.165) is 0 Å². The van der Waals surface area contributed by atoms with Crippen molar-refractivity contribution < 1.29 is 9.13 Å². The van der Waals surface area contributed by atoms with Crippen molar-refractivity contribution in [2.24, 2.45) is 21.7 Å². The number of nitrogens with zero attached hydrogens (tertiary/aromatic N) is 3. The average Bonchev–Trinajstić information content (AvgIpc) is 2.74. The number of nitrogen functional groups attached to an aromatic ring is 1. The molecule has 7 nitrogen and oxygen atoms in total. The fraction of sp³-hybridized carbons (Fsp3) is 0.238. The molecule has 0 saturated carbocycles. The van der Waals surface area contributed by atoms with Gasteiger partial charge in [0, 0.05) is 30.3 Å². The number of nitrogens with two attached hydrogens (primary N) is 3. The van der Waals surface area contributed by atoms with Crippen LogP contribution >= 0.6 is 12.2 Å². The van der Waals surface area contributed by atoms with Crippen molar-refractivity contribution in [3.63, 3.8) is 0 Å². The van der Waals surface area contributed by atoms with Gasteiger partial charge in [0.2, 0.25) is 0 Å². The number of aliphatic imine (C=N–C) groups is 1. The lowest BCUT2D eigenvalue weighted by Crippen LogP contribution is -2.23. The molecule has 30 heavy (non-hydrogen) atoms. The molecule has 9 heteroatoms. The van der Waals surface area contributed by atoms with E-state index < -0.39 is 11.9 Å². The molecule has 156 valence electrons. The molecule has 0 radical (unpaired) electrons. The minimum Gasteiger partial charge on any atom is -0.482 e. The third-order valence-corrected chi connectivity index (χ3v) is 5.23. The first kappa shape index (κ1) is 21.4. The molecule has 2 bridgehead atoms. The number of hydrazone groups is 1.